The number of carbonyl (C=O) groups is 2. The summed E-state index contributed by atoms with van der Waals surface area (Å²) in [4.78, 5) is 28.3. The number of aromatic nitrogens is 3. The fourth-order valence-electron chi connectivity index (χ4n) is 1.82. The molecule has 7 nitrogen and oxygen atoms in total. The Hall–Kier alpha value is -2.41. The highest BCUT2D eigenvalue weighted by atomic mass is 35.5. The first-order valence-corrected chi connectivity index (χ1v) is 7.08. The fraction of sp³-hybridized carbons (Fsp3) is 0.286. The Morgan fingerprint density at radius 2 is 1.91 bits per heavy atom. The van der Waals surface area contributed by atoms with Crippen molar-refractivity contribution < 1.29 is 9.59 Å². The molecule has 0 spiro atoms. The molecular weight excluding hydrogens is 306 g/mol. The van der Waals surface area contributed by atoms with Crippen LogP contribution >= 0.6 is 11.6 Å². The van der Waals surface area contributed by atoms with Crippen molar-refractivity contribution in [1.29, 1.82) is 0 Å². The van der Waals surface area contributed by atoms with Gasteiger partial charge in [0.1, 0.15) is 12.4 Å². The van der Waals surface area contributed by atoms with E-state index in [1.165, 1.54) is 6.33 Å². The summed E-state index contributed by atoms with van der Waals surface area (Å²) in [5.74, 6) is -0.576. The van der Waals surface area contributed by atoms with E-state index >= 15 is 0 Å². The predicted molar refractivity (Wildman–Crippen MR) is 82.6 cm³/mol. The summed E-state index contributed by atoms with van der Waals surface area (Å²) in [6.45, 7) is 3.68. The summed E-state index contributed by atoms with van der Waals surface area (Å²) in [6.07, 6.45) is 1.28. The van der Waals surface area contributed by atoms with Crippen molar-refractivity contribution in [3.63, 3.8) is 0 Å². The van der Waals surface area contributed by atoms with Gasteiger partial charge in [-0.15, -0.1) is 0 Å². The number of halogens is 1. The molecule has 2 aromatic rings. The maximum Gasteiger partial charge on any atom is 0.251 e. The average molecular weight is 322 g/mol. The molecule has 8 heteroatoms. The zero-order chi connectivity index (χ0) is 16.1. The number of rotatable bonds is 5. The SMILES string of the molecule is CC(C)[C@H](NC(=O)c1ccc(Cl)cc1)C(=O)Nc1ncn[nH]1. The first kappa shape index (κ1) is 16.0. The molecular formula is C14H16ClN5O2. The van der Waals surface area contributed by atoms with E-state index in [0.717, 1.165) is 0 Å². The lowest BCUT2D eigenvalue weighted by Gasteiger charge is -2.21. The predicted octanol–water partition coefficient (Wildman–Crippen LogP) is 1.85. The van der Waals surface area contributed by atoms with E-state index in [2.05, 4.69) is 25.8 Å². The van der Waals surface area contributed by atoms with Gasteiger partial charge in [0, 0.05) is 10.6 Å². The van der Waals surface area contributed by atoms with Gasteiger partial charge in [-0.3, -0.25) is 14.9 Å². The van der Waals surface area contributed by atoms with E-state index in [9.17, 15) is 9.59 Å². The lowest BCUT2D eigenvalue weighted by atomic mass is 10.0. The highest BCUT2D eigenvalue weighted by Gasteiger charge is 2.25. The van der Waals surface area contributed by atoms with Crippen LogP contribution in [0.4, 0.5) is 5.95 Å². The molecule has 0 aliphatic heterocycles. The molecule has 116 valence electrons. The summed E-state index contributed by atoms with van der Waals surface area (Å²) in [5.41, 5.74) is 0.433. The van der Waals surface area contributed by atoms with Crippen molar-refractivity contribution in [2.24, 2.45) is 5.92 Å². The first-order valence-electron chi connectivity index (χ1n) is 6.70. The van der Waals surface area contributed by atoms with Gasteiger partial charge in [-0.25, -0.2) is 5.10 Å². The smallest absolute Gasteiger partial charge is 0.251 e. The van der Waals surface area contributed by atoms with Crippen LogP contribution in [-0.4, -0.2) is 33.0 Å². The largest absolute Gasteiger partial charge is 0.340 e. The molecule has 0 fully saturated rings. The third-order valence-corrected chi connectivity index (χ3v) is 3.25. The molecule has 0 aliphatic carbocycles. The topological polar surface area (TPSA) is 99.8 Å². The van der Waals surface area contributed by atoms with Crippen molar-refractivity contribution in [1.82, 2.24) is 20.5 Å². The molecule has 22 heavy (non-hydrogen) atoms. The maximum absolute atomic E-state index is 12.2. The number of H-pyrrole nitrogens is 1. The number of hydrogen-bond donors (Lipinski definition) is 3. The van der Waals surface area contributed by atoms with Crippen LogP contribution in [0, 0.1) is 5.92 Å². The Morgan fingerprint density at radius 3 is 2.45 bits per heavy atom. The van der Waals surface area contributed by atoms with Gasteiger partial charge >= 0.3 is 0 Å². The first-order chi connectivity index (χ1) is 10.5. The van der Waals surface area contributed by atoms with Crippen molar-refractivity contribution in [2.45, 2.75) is 19.9 Å². The summed E-state index contributed by atoms with van der Waals surface area (Å²) >= 11 is 5.79. The number of benzene rings is 1. The Morgan fingerprint density at radius 1 is 1.23 bits per heavy atom. The van der Waals surface area contributed by atoms with Gasteiger partial charge in [-0.2, -0.15) is 10.1 Å². The molecule has 0 bridgehead atoms. The molecule has 0 radical (unpaired) electrons. The quantitative estimate of drug-likeness (QED) is 0.782. The van der Waals surface area contributed by atoms with Crippen LogP contribution in [0.2, 0.25) is 5.02 Å². The van der Waals surface area contributed by atoms with E-state index in [1.807, 2.05) is 13.8 Å². The number of aromatic amines is 1. The number of hydrogen-bond acceptors (Lipinski definition) is 4. The van der Waals surface area contributed by atoms with Crippen molar-refractivity contribution in [2.75, 3.05) is 5.32 Å². The van der Waals surface area contributed by atoms with Crippen LogP contribution in [-0.2, 0) is 4.79 Å². The Labute approximate surface area is 132 Å². The molecule has 0 unspecified atom stereocenters. The van der Waals surface area contributed by atoms with Crippen molar-refractivity contribution in [3.05, 3.63) is 41.2 Å². The van der Waals surface area contributed by atoms with Crippen LogP contribution in [0.5, 0.6) is 0 Å². The minimum atomic E-state index is -0.701. The minimum Gasteiger partial charge on any atom is -0.340 e. The Bertz CT molecular complexity index is 640. The minimum absolute atomic E-state index is 0.0980. The van der Waals surface area contributed by atoms with E-state index in [-0.39, 0.29) is 23.7 Å². The highest BCUT2D eigenvalue weighted by molar-refractivity contribution is 6.30. The molecule has 1 heterocycles. The van der Waals surface area contributed by atoms with E-state index in [1.54, 1.807) is 24.3 Å². The van der Waals surface area contributed by atoms with Gasteiger partial charge in [0.25, 0.3) is 5.91 Å². The summed E-state index contributed by atoms with van der Waals surface area (Å²) in [5, 5.41) is 12.0. The zero-order valence-electron chi connectivity index (χ0n) is 12.1. The monoisotopic (exact) mass is 321 g/mol. The molecule has 2 rings (SSSR count). The van der Waals surface area contributed by atoms with E-state index in [4.69, 9.17) is 11.6 Å². The van der Waals surface area contributed by atoms with Gasteiger partial charge in [0.2, 0.25) is 11.9 Å². The van der Waals surface area contributed by atoms with Crippen LogP contribution in [0.25, 0.3) is 0 Å². The molecule has 3 N–H and O–H groups in total. The van der Waals surface area contributed by atoms with Crippen LogP contribution in [0.1, 0.15) is 24.2 Å². The van der Waals surface area contributed by atoms with Crippen LogP contribution < -0.4 is 10.6 Å². The number of nitrogens with zero attached hydrogens (tertiary/aromatic N) is 2. The number of anilines is 1. The third kappa shape index (κ3) is 4.05. The summed E-state index contributed by atoms with van der Waals surface area (Å²) < 4.78 is 0. The normalized spacial score (nSPS) is 12.0. The molecule has 0 saturated heterocycles. The Balaban J connectivity index is 2.06. The highest BCUT2D eigenvalue weighted by Crippen LogP contribution is 2.11. The van der Waals surface area contributed by atoms with Gasteiger partial charge in [-0.05, 0) is 30.2 Å². The average Bonchev–Trinajstić information content (AvgIpc) is 2.97. The third-order valence-electron chi connectivity index (χ3n) is 3.00. The zero-order valence-corrected chi connectivity index (χ0v) is 12.9. The lowest BCUT2D eigenvalue weighted by molar-refractivity contribution is -0.118. The number of amides is 2. The van der Waals surface area contributed by atoms with Crippen LogP contribution in [0.15, 0.2) is 30.6 Å². The second-order valence-corrected chi connectivity index (χ2v) is 5.46. The fourth-order valence-corrected chi connectivity index (χ4v) is 1.95. The van der Waals surface area contributed by atoms with Gasteiger partial charge in [0.15, 0.2) is 0 Å². The van der Waals surface area contributed by atoms with E-state index in [0.29, 0.717) is 10.6 Å². The second kappa shape index (κ2) is 7.04. The molecule has 1 aromatic heterocycles. The van der Waals surface area contributed by atoms with Crippen molar-refractivity contribution in [3.8, 4) is 0 Å². The number of nitrogens with one attached hydrogen (secondary N) is 3. The Kier molecular flexibility index (Phi) is 5.11. The number of carbonyl (C=O) groups excluding carboxylic acids is 2. The summed E-state index contributed by atoms with van der Waals surface area (Å²) in [7, 11) is 0. The molecule has 0 aliphatic rings. The maximum atomic E-state index is 12.2. The van der Waals surface area contributed by atoms with E-state index < -0.39 is 6.04 Å². The molecule has 1 atom stereocenters. The summed E-state index contributed by atoms with van der Waals surface area (Å²) in [6, 6.07) is 5.74. The lowest BCUT2D eigenvalue weighted by Crippen LogP contribution is -2.47. The molecule has 1 aromatic carbocycles. The van der Waals surface area contributed by atoms with Crippen LogP contribution in [0.3, 0.4) is 0 Å². The molecule has 0 saturated carbocycles. The van der Waals surface area contributed by atoms with Crippen molar-refractivity contribution >= 4 is 29.4 Å². The second-order valence-electron chi connectivity index (χ2n) is 5.03. The standard InChI is InChI=1S/C14H16ClN5O2/c1-8(2)11(13(22)19-14-16-7-17-20-14)18-12(21)9-3-5-10(15)6-4-9/h3-8,11H,1-2H3,(H,18,21)(H2,16,17,19,20,22)/t11-/m0/s1. The van der Waals surface area contributed by atoms with Gasteiger partial charge in [0.05, 0.1) is 0 Å². The van der Waals surface area contributed by atoms with Gasteiger partial charge in [-0.1, -0.05) is 25.4 Å². The van der Waals surface area contributed by atoms with Gasteiger partial charge < -0.3 is 5.32 Å². The molecule has 2 amide bonds.